The van der Waals surface area contributed by atoms with Crippen molar-refractivity contribution in [2.45, 2.75) is 32.9 Å². The van der Waals surface area contributed by atoms with Crippen molar-refractivity contribution in [2.24, 2.45) is 7.05 Å². The molecule has 0 bridgehead atoms. The quantitative estimate of drug-likeness (QED) is 0.340. The zero-order chi connectivity index (χ0) is 27.5. The minimum atomic E-state index is -0.292. The number of aromatic nitrogens is 4. The fourth-order valence-electron chi connectivity index (χ4n) is 6.23. The van der Waals surface area contributed by atoms with Gasteiger partial charge in [-0.1, -0.05) is 0 Å². The highest BCUT2D eigenvalue weighted by Gasteiger charge is 2.35. The van der Waals surface area contributed by atoms with Crippen LogP contribution in [0.2, 0.25) is 0 Å². The smallest absolute Gasteiger partial charge is 0.262 e. The zero-order valence-corrected chi connectivity index (χ0v) is 22.5. The topological polar surface area (TPSA) is 112 Å². The molecule has 7 rings (SSSR count). The third-order valence-corrected chi connectivity index (χ3v) is 7.83. The van der Waals surface area contributed by atoms with Gasteiger partial charge in [0.15, 0.2) is 6.61 Å². The van der Waals surface area contributed by atoms with Crippen molar-refractivity contribution in [1.82, 2.24) is 24.6 Å². The molecule has 2 N–H and O–H groups in total. The molecule has 202 valence electrons. The lowest BCUT2D eigenvalue weighted by molar-refractivity contribution is -0.118. The number of carbonyl (C=O) groups excluding carboxylic acids is 2. The third kappa shape index (κ3) is 3.63. The highest BCUT2D eigenvalue weighted by atomic mass is 16.5. The minimum absolute atomic E-state index is 0.0423. The van der Waals surface area contributed by atoms with Gasteiger partial charge in [-0.3, -0.25) is 14.3 Å². The number of fused-ring (bicyclic) bond motifs is 10. The van der Waals surface area contributed by atoms with Gasteiger partial charge < -0.3 is 24.7 Å². The lowest BCUT2D eigenvalue weighted by Crippen LogP contribution is -2.20. The van der Waals surface area contributed by atoms with Crippen LogP contribution in [0.4, 0.5) is 5.69 Å². The Morgan fingerprint density at radius 2 is 2.02 bits per heavy atom. The molecule has 0 unspecified atom stereocenters. The Labute approximate surface area is 229 Å². The van der Waals surface area contributed by atoms with Crippen molar-refractivity contribution in [2.75, 3.05) is 19.0 Å². The molecule has 40 heavy (non-hydrogen) atoms. The Bertz CT molecular complexity index is 1850. The second-order valence-electron chi connectivity index (χ2n) is 10.1. The second-order valence-corrected chi connectivity index (χ2v) is 10.1. The van der Waals surface area contributed by atoms with Crippen LogP contribution < -0.4 is 20.1 Å². The standard InChI is InChI=1S/C30H28N6O4/c1-4-36-23-9-6-17(40-15-24(37)33-16-5-10-25(39-3)31-12-16)11-19(23)27-20-13-32-30(38)28(20)26-18(29(27)36)7-8-22-21(26)14-35(2)34-22/h5-6,9-12,14H,4,7-8,13,15H2,1-3H3,(H,32,38)(H,33,37). The summed E-state index contributed by atoms with van der Waals surface area (Å²) in [6.07, 6.45) is 5.21. The summed E-state index contributed by atoms with van der Waals surface area (Å²) in [4.78, 5) is 29.9. The number of ether oxygens (including phenoxy) is 2. The molecule has 0 saturated carbocycles. The van der Waals surface area contributed by atoms with E-state index < -0.39 is 0 Å². The summed E-state index contributed by atoms with van der Waals surface area (Å²) in [5, 5.41) is 12.6. The van der Waals surface area contributed by atoms with Gasteiger partial charge in [-0.2, -0.15) is 5.10 Å². The van der Waals surface area contributed by atoms with E-state index in [9.17, 15) is 9.59 Å². The van der Waals surface area contributed by atoms with Crippen LogP contribution in [-0.4, -0.2) is 44.9 Å². The monoisotopic (exact) mass is 536 g/mol. The van der Waals surface area contributed by atoms with Gasteiger partial charge in [0.05, 0.1) is 35.8 Å². The van der Waals surface area contributed by atoms with Gasteiger partial charge in [0.25, 0.3) is 11.8 Å². The van der Waals surface area contributed by atoms with E-state index in [0.29, 0.717) is 23.9 Å². The SMILES string of the molecule is CCn1c2ccc(OCC(=O)Nc3ccc(OC)nc3)cc2c2c3c(c4c(c21)CCc1nn(C)cc1-4)C(=O)NC3. The van der Waals surface area contributed by atoms with Gasteiger partial charge in [0, 0.05) is 59.8 Å². The Hall–Kier alpha value is -4.86. The lowest BCUT2D eigenvalue weighted by Gasteiger charge is -2.21. The van der Waals surface area contributed by atoms with Gasteiger partial charge >= 0.3 is 0 Å². The molecular formula is C30H28N6O4. The first-order chi connectivity index (χ1) is 19.5. The molecule has 3 aromatic heterocycles. The van der Waals surface area contributed by atoms with E-state index in [4.69, 9.17) is 9.47 Å². The van der Waals surface area contributed by atoms with Crippen molar-refractivity contribution in [1.29, 1.82) is 0 Å². The van der Waals surface area contributed by atoms with Gasteiger partial charge in [0.1, 0.15) is 5.75 Å². The molecular weight excluding hydrogens is 508 g/mol. The van der Waals surface area contributed by atoms with Gasteiger partial charge in [0.2, 0.25) is 5.88 Å². The molecule has 5 aromatic rings. The number of pyridine rings is 1. The summed E-state index contributed by atoms with van der Waals surface area (Å²) in [6, 6.07) is 9.33. The van der Waals surface area contributed by atoms with Crippen LogP contribution in [0.25, 0.3) is 32.9 Å². The minimum Gasteiger partial charge on any atom is -0.484 e. The van der Waals surface area contributed by atoms with E-state index in [0.717, 1.165) is 63.6 Å². The first-order valence-corrected chi connectivity index (χ1v) is 13.3. The lowest BCUT2D eigenvalue weighted by atomic mass is 9.82. The Morgan fingerprint density at radius 3 is 2.80 bits per heavy atom. The maximum atomic E-state index is 13.2. The molecule has 2 aliphatic rings. The van der Waals surface area contributed by atoms with E-state index in [1.165, 1.54) is 24.4 Å². The predicted molar refractivity (Wildman–Crippen MR) is 151 cm³/mol. The fourth-order valence-corrected chi connectivity index (χ4v) is 6.23. The highest BCUT2D eigenvalue weighted by molar-refractivity contribution is 6.19. The predicted octanol–water partition coefficient (Wildman–Crippen LogP) is 3.98. The molecule has 0 atom stereocenters. The van der Waals surface area contributed by atoms with E-state index in [-0.39, 0.29) is 18.4 Å². The van der Waals surface area contributed by atoms with Crippen LogP contribution >= 0.6 is 0 Å². The van der Waals surface area contributed by atoms with Crippen LogP contribution in [0.3, 0.4) is 0 Å². The number of hydrogen-bond donors (Lipinski definition) is 2. The van der Waals surface area contributed by atoms with Crippen LogP contribution in [0.5, 0.6) is 11.6 Å². The Balaban J connectivity index is 1.30. The average Bonchev–Trinajstić information content (AvgIpc) is 3.64. The number of benzene rings is 2. The van der Waals surface area contributed by atoms with Crippen LogP contribution in [0.15, 0.2) is 42.7 Å². The summed E-state index contributed by atoms with van der Waals surface area (Å²) in [5.74, 6) is 0.725. The largest absolute Gasteiger partial charge is 0.484 e. The summed E-state index contributed by atoms with van der Waals surface area (Å²) >= 11 is 0. The first kappa shape index (κ1) is 24.2. The van der Waals surface area contributed by atoms with Crippen molar-refractivity contribution >= 4 is 39.3 Å². The molecule has 0 fully saturated rings. The van der Waals surface area contributed by atoms with E-state index in [2.05, 4.69) is 32.2 Å². The summed E-state index contributed by atoms with van der Waals surface area (Å²) < 4.78 is 15.2. The average molecular weight is 537 g/mol. The van der Waals surface area contributed by atoms with Gasteiger partial charge in [-0.25, -0.2) is 4.98 Å². The number of nitrogens with one attached hydrogen (secondary N) is 2. The molecule has 1 aliphatic carbocycles. The number of anilines is 1. The number of nitrogens with zero attached hydrogens (tertiary/aromatic N) is 4. The van der Waals surface area contributed by atoms with E-state index >= 15 is 0 Å². The summed E-state index contributed by atoms with van der Waals surface area (Å²) in [6.45, 7) is 3.25. The molecule has 1 aliphatic heterocycles. The van der Waals surface area contributed by atoms with Crippen LogP contribution in [-0.2, 0) is 37.8 Å². The second kappa shape index (κ2) is 9.11. The number of rotatable bonds is 6. The maximum Gasteiger partial charge on any atom is 0.262 e. The number of hydrogen-bond acceptors (Lipinski definition) is 6. The molecule has 10 nitrogen and oxygen atoms in total. The van der Waals surface area contributed by atoms with E-state index in [1.807, 2.05) is 36.1 Å². The van der Waals surface area contributed by atoms with E-state index in [1.54, 1.807) is 12.1 Å². The van der Waals surface area contributed by atoms with Crippen molar-refractivity contribution in [3.63, 3.8) is 0 Å². The molecule has 2 aromatic carbocycles. The number of methoxy groups -OCH3 is 1. The van der Waals surface area contributed by atoms with Crippen LogP contribution in [0.1, 0.15) is 34.1 Å². The number of amides is 2. The molecule has 2 amide bonds. The van der Waals surface area contributed by atoms with Crippen molar-refractivity contribution < 1.29 is 19.1 Å². The molecule has 0 radical (unpaired) electrons. The molecule has 0 spiro atoms. The summed E-state index contributed by atoms with van der Waals surface area (Å²) in [5.41, 5.74) is 8.86. The number of aryl methyl sites for hydroxylation is 4. The van der Waals surface area contributed by atoms with Crippen molar-refractivity contribution in [3.05, 3.63) is 65.1 Å². The van der Waals surface area contributed by atoms with Crippen LogP contribution in [0, 0.1) is 0 Å². The normalized spacial score (nSPS) is 13.6. The fraction of sp³-hybridized carbons (Fsp3) is 0.267. The van der Waals surface area contributed by atoms with Gasteiger partial charge in [-0.05, 0) is 55.2 Å². The van der Waals surface area contributed by atoms with Crippen molar-refractivity contribution in [3.8, 4) is 22.8 Å². The molecule has 10 heteroatoms. The zero-order valence-electron chi connectivity index (χ0n) is 22.5. The molecule has 0 saturated heterocycles. The first-order valence-electron chi connectivity index (χ1n) is 13.3. The number of carbonyl (C=O) groups is 2. The van der Waals surface area contributed by atoms with Gasteiger partial charge in [-0.15, -0.1) is 0 Å². The molecule has 4 heterocycles. The maximum absolute atomic E-state index is 13.2. The Kier molecular flexibility index (Phi) is 5.51. The summed E-state index contributed by atoms with van der Waals surface area (Å²) in [7, 11) is 3.46. The third-order valence-electron chi connectivity index (χ3n) is 7.83. The highest BCUT2D eigenvalue weighted by Crippen LogP contribution is 2.47. The Morgan fingerprint density at radius 1 is 1.15 bits per heavy atom.